The van der Waals surface area contributed by atoms with Crippen LogP contribution in [0.15, 0.2) is 28.7 Å². The average Bonchev–Trinajstić information content (AvgIpc) is 2.87. The lowest BCUT2D eigenvalue weighted by Crippen LogP contribution is -2.17. The highest BCUT2D eigenvalue weighted by Crippen LogP contribution is 2.30. The summed E-state index contributed by atoms with van der Waals surface area (Å²) in [6.45, 7) is 0.819. The lowest BCUT2D eigenvalue weighted by molar-refractivity contribution is 0.400. The average molecular weight is 310 g/mol. The van der Waals surface area contributed by atoms with E-state index in [4.69, 9.17) is 5.73 Å². The Labute approximate surface area is 119 Å². The van der Waals surface area contributed by atoms with Gasteiger partial charge >= 0.3 is 0 Å². The van der Waals surface area contributed by atoms with Gasteiger partial charge in [-0.05, 0) is 48.9 Å². The van der Waals surface area contributed by atoms with Crippen LogP contribution in [0.3, 0.4) is 0 Å². The van der Waals surface area contributed by atoms with Crippen LogP contribution < -0.4 is 5.73 Å². The Bertz CT molecular complexity index is 358. The van der Waals surface area contributed by atoms with Crippen LogP contribution in [0, 0.1) is 11.8 Å². The molecule has 1 saturated carbocycles. The zero-order valence-corrected chi connectivity index (χ0v) is 12.7. The van der Waals surface area contributed by atoms with Crippen molar-refractivity contribution in [3.63, 3.8) is 0 Å². The monoisotopic (exact) mass is 309 g/mol. The Morgan fingerprint density at radius 1 is 1.28 bits per heavy atom. The number of halogens is 1. The summed E-state index contributed by atoms with van der Waals surface area (Å²) in [7, 11) is 0. The fraction of sp³-hybridized carbons (Fsp3) is 0.625. The molecule has 1 aromatic rings. The molecule has 2 rings (SSSR count). The third-order valence-corrected chi connectivity index (χ3v) is 4.70. The number of nitrogens with two attached hydrogens (primary N) is 1. The van der Waals surface area contributed by atoms with Crippen molar-refractivity contribution in [3.8, 4) is 0 Å². The van der Waals surface area contributed by atoms with Crippen molar-refractivity contribution in [1.82, 2.24) is 0 Å². The molecule has 2 heteroatoms. The molecule has 0 radical (unpaired) electrons. The van der Waals surface area contributed by atoms with E-state index in [1.54, 1.807) is 0 Å². The van der Waals surface area contributed by atoms with E-state index >= 15 is 0 Å². The van der Waals surface area contributed by atoms with Crippen LogP contribution in [0.5, 0.6) is 0 Å². The van der Waals surface area contributed by atoms with Gasteiger partial charge in [-0.15, -0.1) is 0 Å². The van der Waals surface area contributed by atoms with Crippen molar-refractivity contribution in [2.45, 2.75) is 44.9 Å². The minimum atomic E-state index is 0.653. The molecule has 1 aliphatic rings. The summed E-state index contributed by atoms with van der Waals surface area (Å²) in [6.07, 6.45) is 9.61. The maximum Gasteiger partial charge on any atom is 0.0177 e. The minimum Gasteiger partial charge on any atom is -0.330 e. The van der Waals surface area contributed by atoms with Gasteiger partial charge in [-0.1, -0.05) is 60.2 Å². The van der Waals surface area contributed by atoms with Crippen molar-refractivity contribution < 1.29 is 0 Å². The molecule has 0 saturated heterocycles. The quantitative estimate of drug-likeness (QED) is 0.820. The van der Waals surface area contributed by atoms with Gasteiger partial charge in [0.05, 0.1) is 0 Å². The summed E-state index contributed by atoms with van der Waals surface area (Å²) in [5.74, 6) is 1.64. The molecule has 1 unspecified atom stereocenters. The molecule has 0 aliphatic heterocycles. The lowest BCUT2D eigenvalue weighted by Gasteiger charge is -2.17. The van der Waals surface area contributed by atoms with Gasteiger partial charge in [-0.2, -0.15) is 0 Å². The minimum absolute atomic E-state index is 0.653. The van der Waals surface area contributed by atoms with Gasteiger partial charge in [-0.3, -0.25) is 0 Å². The zero-order valence-electron chi connectivity index (χ0n) is 11.1. The highest BCUT2D eigenvalue weighted by Gasteiger charge is 2.17. The van der Waals surface area contributed by atoms with Gasteiger partial charge in [-0.25, -0.2) is 0 Å². The second-order valence-corrected chi connectivity index (χ2v) is 6.58. The van der Waals surface area contributed by atoms with Crippen LogP contribution in [0.1, 0.15) is 44.1 Å². The van der Waals surface area contributed by atoms with Crippen LogP contribution in [-0.4, -0.2) is 6.54 Å². The maximum atomic E-state index is 5.93. The van der Waals surface area contributed by atoms with Crippen LogP contribution in [0.4, 0.5) is 0 Å². The molecule has 1 nitrogen and oxygen atoms in total. The van der Waals surface area contributed by atoms with Crippen molar-refractivity contribution in [3.05, 3.63) is 34.3 Å². The first kappa shape index (κ1) is 14.1. The van der Waals surface area contributed by atoms with Gasteiger partial charge in [0.15, 0.2) is 0 Å². The predicted molar refractivity (Wildman–Crippen MR) is 81.6 cm³/mol. The highest BCUT2D eigenvalue weighted by molar-refractivity contribution is 9.10. The third kappa shape index (κ3) is 4.40. The number of hydrogen-bond donors (Lipinski definition) is 1. The first-order chi connectivity index (χ1) is 8.78. The second kappa shape index (κ2) is 7.30. The molecule has 1 fully saturated rings. The van der Waals surface area contributed by atoms with Gasteiger partial charge in [0.25, 0.3) is 0 Å². The summed E-state index contributed by atoms with van der Waals surface area (Å²) in [6, 6.07) is 8.63. The van der Waals surface area contributed by atoms with Crippen LogP contribution in [0.25, 0.3) is 0 Å². The van der Waals surface area contributed by atoms with Gasteiger partial charge in [0.2, 0.25) is 0 Å². The summed E-state index contributed by atoms with van der Waals surface area (Å²) in [5, 5.41) is 0. The maximum absolute atomic E-state index is 5.93. The fourth-order valence-electron chi connectivity index (χ4n) is 3.07. The van der Waals surface area contributed by atoms with Gasteiger partial charge in [0, 0.05) is 4.47 Å². The van der Waals surface area contributed by atoms with E-state index in [1.165, 1.54) is 48.6 Å². The van der Waals surface area contributed by atoms with E-state index in [-0.39, 0.29) is 0 Å². The largest absolute Gasteiger partial charge is 0.330 e. The second-order valence-electron chi connectivity index (χ2n) is 5.66. The highest BCUT2D eigenvalue weighted by atomic mass is 79.9. The number of benzene rings is 1. The molecule has 0 heterocycles. The smallest absolute Gasteiger partial charge is 0.0177 e. The fourth-order valence-corrected chi connectivity index (χ4v) is 3.52. The summed E-state index contributed by atoms with van der Waals surface area (Å²) < 4.78 is 1.17. The molecule has 100 valence electrons. The molecule has 0 amide bonds. The third-order valence-electron chi connectivity index (χ3n) is 4.20. The Morgan fingerprint density at radius 3 is 2.72 bits per heavy atom. The SMILES string of the molecule is NCC(CCC1CCCC1)Cc1cccc(Br)c1. The van der Waals surface area contributed by atoms with Crippen molar-refractivity contribution in [1.29, 1.82) is 0 Å². The van der Waals surface area contributed by atoms with E-state index in [2.05, 4.69) is 40.2 Å². The topological polar surface area (TPSA) is 26.0 Å². The molecule has 1 aromatic carbocycles. The Kier molecular flexibility index (Phi) is 5.71. The molecular formula is C16H24BrN. The van der Waals surface area contributed by atoms with Crippen LogP contribution in [0.2, 0.25) is 0 Å². The van der Waals surface area contributed by atoms with E-state index in [1.807, 2.05) is 0 Å². The van der Waals surface area contributed by atoms with Gasteiger partial charge < -0.3 is 5.73 Å². The first-order valence-corrected chi connectivity index (χ1v) is 8.01. The standard InChI is InChI=1S/C16H24BrN/c17-16-7-3-6-14(11-16)10-15(12-18)9-8-13-4-1-2-5-13/h3,6-7,11,13,15H,1-2,4-5,8-10,12,18H2. The Hall–Kier alpha value is -0.340. The molecule has 18 heavy (non-hydrogen) atoms. The molecule has 1 aliphatic carbocycles. The zero-order chi connectivity index (χ0) is 12.8. The van der Waals surface area contributed by atoms with Gasteiger partial charge in [0.1, 0.15) is 0 Å². The Morgan fingerprint density at radius 2 is 2.06 bits per heavy atom. The van der Waals surface area contributed by atoms with E-state index < -0.39 is 0 Å². The summed E-state index contributed by atoms with van der Waals surface area (Å²) >= 11 is 3.54. The molecule has 0 spiro atoms. The van der Waals surface area contributed by atoms with E-state index in [9.17, 15) is 0 Å². The Balaban J connectivity index is 1.81. The predicted octanol–water partition coefficient (Wildman–Crippen LogP) is 4.54. The molecule has 1 atom stereocenters. The van der Waals surface area contributed by atoms with E-state index in [0.717, 1.165) is 18.9 Å². The first-order valence-electron chi connectivity index (χ1n) is 7.22. The van der Waals surface area contributed by atoms with Crippen molar-refractivity contribution in [2.24, 2.45) is 17.6 Å². The van der Waals surface area contributed by atoms with Crippen molar-refractivity contribution >= 4 is 15.9 Å². The van der Waals surface area contributed by atoms with Crippen molar-refractivity contribution in [2.75, 3.05) is 6.54 Å². The van der Waals surface area contributed by atoms with E-state index in [0.29, 0.717) is 5.92 Å². The lowest BCUT2D eigenvalue weighted by atomic mass is 9.90. The summed E-state index contributed by atoms with van der Waals surface area (Å²) in [5.41, 5.74) is 7.34. The number of hydrogen-bond acceptors (Lipinski definition) is 1. The molecule has 2 N–H and O–H groups in total. The normalized spacial score (nSPS) is 18.1. The summed E-state index contributed by atoms with van der Waals surface area (Å²) in [4.78, 5) is 0. The van der Waals surface area contributed by atoms with Crippen LogP contribution in [-0.2, 0) is 6.42 Å². The molecular weight excluding hydrogens is 286 g/mol. The molecule has 0 bridgehead atoms. The number of rotatable bonds is 6. The van der Waals surface area contributed by atoms with Crippen LogP contribution >= 0.6 is 15.9 Å². The molecule has 0 aromatic heterocycles.